The monoisotopic (exact) mass is 362 g/mol. The number of methoxy groups -OCH3 is 1. The van der Waals surface area contributed by atoms with E-state index in [2.05, 4.69) is 10.4 Å². The lowest BCUT2D eigenvalue weighted by atomic mass is 10.2. The molecule has 1 aromatic carbocycles. The molecule has 1 heterocycles. The van der Waals surface area contributed by atoms with Gasteiger partial charge in [0.15, 0.2) is 12.4 Å². The molecule has 10 nitrogen and oxygen atoms in total. The van der Waals surface area contributed by atoms with Crippen molar-refractivity contribution < 1.29 is 24.0 Å². The van der Waals surface area contributed by atoms with Crippen LogP contribution in [-0.2, 0) is 16.6 Å². The van der Waals surface area contributed by atoms with Crippen LogP contribution in [0.2, 0.25) is 0 Å². The molecule has 1 N–H and O–H groups in total. The number of aromatic nitrogens is 2. The van der Waals surface area contributed by atoms with Crippen LogP contribution >= 0.6 is 0 Å². The first-order valence-electron chi connectivity index (χ1n) is 7.54. The summed E-state index contributed by atoms with van der Waals surface area (Å²) in [6.07, 6.45) is 0. The molecule has 2 rings (SSSR count). The summed E-state index contributed by atoms with van der Waals surface area (Å²) >= 11 is 0. The average Bonchev–Trinajstić information content (AvgIpc) is 2.85. The molecule has 0 unspecified atom stereocenters. The predicted molar refractivity (Wildman–Crippen MR) is 91.2 cm³/mol. The minimum atomic E-state index is -0.856. The predicted octanol–water partition coefficient (Wildman–Crippen LogP) is 1.75. The Morgan fingerprint density at radius 2 is 2.04 bits per heavy atom. The second kappa shape index (κ2) is 7.64. The standard InChI is InChI=1S/C16H18N4O6/c1-9-15(10(2)19(3)18-9)17-14(21)8-26-16(22)11-5-6-13(25-4)12(7-11)20(23)24/h5-7H,8H2,1-4H3,(H,17,21). The molecule has 0 saturated carbocycles. The summed E-state index contributed by atoms with van der Waals surface area (Å²) in [5, 5.41) is 17.8. The van der Waals surface area contributed by atoms with Crippen LogP contribution in [-0.4, -0.2) is 40.3 Å². The molecule has 0 saturated heterocycles. The number of nitrogens with zero attached hydrogens (tertiary/aromatic N) is 3. The molecule has 138 valence electrons. The number of ether oxygens (including phenoxy) is 2. The molecule has 0 radical (unpaired) electrons. The normalized spacial score (nSPS) is 10.3. The topological polar surface area (TPSA) is 126 Å². The van der Waals surface area contributed by atoms with E-state index in [1.165, 1.54) is 19.2 Å². The fraction of sp³-hybridized carbons (Fsp3) is 0.312. The molecule has 26 heavy (non-hydrogen) atoms. The summed E-state index contributed by atoms with van der Waals surface area (Å²) in [4.78, 5) is 34.3. The molecular weight excluding hydrogens is 344 g/mol. The van der Waals surface area contributed by atoms with Crippen molar-refractivity contribution in [3.8, 4) is 5.75 Å². The van der Waals surface area contributed by atoms with Crippen LogP contribution in [0.5, 0.6) is 5.75 Å². The van der Waals surface area contributed by atoms with Crippen molar-refractivity contribution in [2.75, 3.05) is 19.0 Å². The number of carbonyl (C=O) groups is 2. The minimum Gasteiger partial charge on any atom is -0.490 e. The molecule has 2 aromatic rings. The summed E-state index contributed by atoms with van der Waals surface area (Å²) in [7, 11) is 3.03. The third kappa shape index (κ3) is 3.97. The number of nitrogens with one attached hydrogen (secondary N) is 1. The second-order valence-corrected chi connectivity index (χ2v) is 5.44. The lowest BCUT2D eigenvalue weighted by Gasteiger charge is -2.08. The quantitative estimate of drug-likeness (QED) is 0.471. The Balaban J connectivity index is 2.03. The first-order valence-corrected chi connectivity index (χ1v) is 7.54. The average molecular weight is 362 g/mol. The number of benzene rings is 1. The van der Waals surface area contributed by atoms with Gasteiger partial charge in [-0.1, -0.05) is 0 Å². The van der Waals surface area contributed by atoms with Crippen LogP contribution in [0.4, 0.5) is 11.4 Å². The molecule has 0 aliphatic carbocycles. The van der Waals surface area contributed by atoms with Gasteiger partial charge in [0.25, 0.3) is 5.91 Å². The van der Waals surface area contributed by atoms with Gasteiger partial charge in [-0.25, -0.2) is 4.79 Å². The van der Waals surface area contributed by atoms with Crippen LogP contribution in [0, 0.1) is 24.0 Å². The van der Waals surface area contributed by atoms with Gasteiger partial charge in [-0.15, -0.1) is 0 Å². The summed E-state index contributed by atoms with van der Waals surface area (Å²) in [5.41, 5.74) is 1.52. The van der Waals surface area contributed by atoms with Crippen molar-refractivity contribution >= 4 is 23.3 Å². The molecule has 0 bridgehead atoms. The zero-order valence-electron chi connectivity index (χ0n) is 14.7. The van der Waals surface area contributed by atoms with Crippen LogP contribution in [0.25, 0.3) is 0 Å². The number of carbonyl (C=O) groups excluding carboxylic acids is 2. The zero-order chi connectivity index (χ0) is 19.4. The van der Waals surface area contributed by atoms with E-state index in [1.54, 1.807) is 25.6 Å². The van der Waals surface area contributed by atoms with Crippen molar-refractivity contribution in [3.63, 3.8) is 0 Å². The smallest absolute Gasteiger partial charge is 0.338 e. The van der Waals surface area contributed by atoms with Crippen molar-refractivity contribution in [2.45, 2.75) is 13.8 Å². The third-order valence-electron chi connectivity index (χ3n) is 3.72. The number of nitro benzene ring substituents is 1. The number of hydrogen-bond donors (Lipinski definition) is 1. The third-order valence-corrected chi connectivity index (χ3v) is 3.72. The SMILES string of the molecule is COc1ccc(C(=O)OCC(=O)Nc2c(C)nn(C)c2C)cc1[N+](=O)[O-]. The summed E-state index contributed by atoms with van der Waals surface area (Å²) in [6, 6.07) is 3.65. The second-order valence-electron chi connectivity index (χ2n) is 5.44. The highest BCUT2D eigenvalue weighted by Crippen LogP contribution is 2.27. The highest BCUT2D eigenvalue weighted by Gasteiger charge is 2.20. The van der Waals surface area contributed by atoms with E-state index in [1.807, 2.05) is 0 Å². The van der Waals surface area contributed by atoms with Crippen molar-refractivity contribution in [3.05, 3.63) is 45.3 Å². The maximum atomic E-state index is 12.0. The van der Waals surface area contributed by atoms with E-state index in [0.29, 0.717) is 11.4 Å². The molecule has 1 aromatic heterocycles. The van der Waals surface area contributed by atoms with Gasteiger partial charge in [-0.05, 0) is 26.0 Å². The Morgan fingerprint density at radius 1 is 1.35 bits per heavy atom. The van der Waals surface area contributed by atoms with Gasteiger partial charge in [0.1, 0.15) is 0 Å². The van der Waals surface area contributed by atoms with E-state index in [4.69, 9.17) is 9.47 Å². The van der Waals surface area contributed by atoms with Gasteiger partial charge in [0, 0.05) is 13.1 Å². The number of hydrogen-bond acceptors (Lipinski definition) is 7. The van der Waals surface area contributed by atoms with Crippen LogP contribution in [0.3, 0.4) is 0 Å². The number of esters is 1. The summed E-state index contributed by atoms with van der Waals surface area (Å²) in [6.45, 7) is 3.00. The Bertz CT molecular complexity index is 874. The van der Waals surface area contributed by atoms with E-state index < -0.39 is 23.4 Å². The molecule has 0 fully saturated rings. The van der Waals surface area contributed by atoms with E-state index in [-0.39, 0.29) is 17.0 Å². The Morgan fingerprint density at radius 3 is 2.58 bits per heavy atom. The van der Waals surface area contributed by atoms with Gasteiger partial charge in [-0.2, -0.15) is 5.10 Å². The maximum absolute atomic E-state index is 12.0. The van der Waals surface area contributed by atoms with E-state index in [9.17, 15) is 19.7 Å². The fourth-order valence-corrected chi connectivity index (χ4v) is 2.30. The Hall–Kier alpha value is -3.43. The molecule has 1 amide bonds. The molecule has 0 spiro atoms. The van der Waals surface area contributed by atoms with E-state index in [0.717, 1.165) is 11.8 Å². The first-order chi connectivity index (χ1) is 12.2. The summed E-state index contributed by atoms with van der Waals surface area (Å²) in [5.74, 6) is -1.38. The molecule has 0 atom stereocenters. The Labute approximate surface area is 148 Å². The van der Waals surface area contributed by atoms with Crippen molar-refractivity contribution in [1.82, 2.24) is 9.78 Å². The van der Waals surface area contributed by atoms with Gasteiger partial charge >= 0.3 is 11.7 Å². The van der Waals surface area contributed by atoms with Crippen LogP contribution in [0.15, 0.2) is 18.2 Å². The number of rotatable bonds is 6. The first kappa shape index (κ1) is 18.9. The molecular formula is C16H18N4O6. The molecule has 0 aliphatic heterocycles. The van der Waals surface area contributed by atoms with Crippen molar-refractivity contribution in [1.29, 1.82) is 0 Å². The number of anilines is 1. The van der Waals surface area contributed by atoms with Gasteiger partial charge < -0.3 is 14.8 Å². The minimum absolute atomic E-state index is 0.0202. The number of nitro groups is 1. The van der Waals surface area contributed by atoms with E-state index >= 15 is 0 Å². The largest absolute Gasteiger partial charge is 0.490 e. The number of aryl methyl sites for hydroxylation is 2. The summed E-state index contributed by atoms with van der Waals surface area (Å²) < 4.78 is 11.4. The van der Waals surface area contributed by atoms with Crippen LogP contribution in [0.1, 0.15) is 21.7 Å². The number of amides is 1. The van der Waals surface area contributed by atoms with Gasteiger partial charge in [-0.3, -0.25) is 19.6 Å². The Kier molecular flexibility index (Phi) is 5.55. The zero-order valence-corrected chi connectivity index (χ0v) is 14.7. The fourth-order valence-electron chi connectivity index (χ4n) is 2.30. The highest BCUT2D eigenvalue weighted by molar-refractivity contribution is 5.96. The lowest BCUT2D eigenvalue weighted by molar-refractivity contribution is -0.385. The van der Waals surface area contributed by atoms with Gasteiger partial charge in [0.05, 0.1) is 34.7 Å². The lowest BCUT2D eigenvalue weighted by Crippen LogP contribution is -2.21. The maximum Gasteiger partial charge on any atom is 0.338 e. The molecule has 10 heteroatoms. The molecule has 0 aliphatic rings. The van der Waals surface area contributed by atoms with Gasteiger partial charge in [0.2, 0.25) is 0 Å². The van der Waals surface area contributed by atoms with Crippen molar-refractivity contribution in [2.24, 2.45) is 7.05 Å². The van der Waals surface area contributed by atoms with Crippen LogP contribution < -0.4 is 10.1 Å². The highest BCUT2D eigenvalue weighted by atomic mass is 16.6.